The van der Waals surface area contributed by atoms with Gasteiger partial charge < -0.3 is 24.3 Å². The van der Waals surface area contributed by atoms with E-state index in [0.717, 1.165) is 43.0 Å². The molecule has 0 unspecified atom stereocenters. The van der Waals surface area contributed by atoms with Crippen molar-refractivity contribution in [3.05, 3.63) is 53.5 Å². The number of furan rings is 1. The highest BCUT2D eigenvalue weighted by Gasteiger charge is 2.73. The van der Waals surface area contributed by atoms with E-state index in [4.69, 9.17) is 9.15 Å². The first-order valence-electron chi connectivity index (χ1n) is 12.9. The van der Waals surface area contributed by atoms with Crippen LogP contribution in [0.25, 0.3) is 6.08 Å². The molecule has 1 saturated heterocycles. The standard InChI is InChI=1S/C28H32N2O5/c1-29(23(32)7-4-18-9-13-34-16-18)20-8-10-28(33)22-14-19-5-6-21(31)25-24(19)27(28,26(20)35-25)11-12-30(22)15-17-2-3-17/h4-7,9,13,16-17,20,22,26,31,33H,2-3,8,10-12,14-15H2,1H3/b7-4+/t20-,22-,26-,27+,28-/m1/s1. The van der Waals surface area contributed by atoms with Gasteiger partial charge in [-0.25, -0.2) is 0 Å². The number of likely N-dealkylation sites (tertiary alicyclic amines) is 1. The zero-order valence-corrected chi connectivity index (χ0v) is 20.0. The molecule has 7 rings (SSSR count). The molecule has 2 N–H and O–H groups in total. The fourth-order valence-electron chi connectivity index (χ4n) is 7.67. The summed E-state index contributed by atoms with van der Waals surface area (Å²) in [7, 11) is 1.82. The van der Waals surface area contributed by atoms with Gasteiger partial charge in [0.05, 0.1) is 29.6 Å². The number of hydrogen-bond donors (Lipinski definition) is 2. The van der Waals surface area contributed by atoms with Gasteiger partial charge in [0.1, 0.15) is 6.10 Å². The van der Waals surface area contributed by atoms with Gasteiger partial charge in [0.15, 0.2) is 11.5 Å². The highest BCUT2D eigenvalue weighted by Crippen LogP contribution is 2.66. The minimum atomic E-state index is -0.941. The molecule has 3 heterocycles. The number of amides is 1. The summed E-state index contributed by atoms with van der Waals surface area (Å²) in [6.45, 7) is 1.96. The van der Waals surface area contributed by atoms with Crippen LogP contribution in [0.5, 0.6) is 11.5 Å². The molecule has 2 aliphatic heterocycles. The molecule has 5 aliphatic rings. The third-order valence-corrected chi connectivity index (χ3v) is 9.54. The maximum atomic E-state index is 13.2. The number of carbonyl (C=O) groups is 1. The summed E-state index contributed by atoms with van der Waals surface area (Å²) >= 11 is 0. The lowest BCUT2D eigenvalue weighted by Crippen LogP contribution is -2.78. The van der Waals surface area contributed by atoms with Crippen molar-refractivity contribution in [2.45, 2.75) is 67.7 Å². The summed E-state index contributed by atoms with van der Waals surface area (Å²) in [6.07, 6.45) is 11.5. The second-order valence-electron chi connectivity index (χ2n) is 11.2. The molecule has 2 saturated carbocycles. The predicted octanol–water partition coefficient (Wildman–Crippen LogP) is 3.09. The summed E-state index contributed by atoms with van der Waals surface area (Å²) in [5.74, 6) is 1.28. The first-order chi connectivity index (χ1) is 16.9. The van der Waals surface area contributed by atoms with E-state index in [-0.39, 0.29) is 23.7 Å². The third kappa shape index (κ3) is 2.88. The van der Waals surface area contributed by atoms with E-state index in [1.54, 1.807) is 35.6 Å². The van der Waals surface area contributed by atoms with E-state index in [9.17, 15) is 15.0 Å². The van der Waals surface area contributed by atoms with Crippen LogP contribution in [-0.4, -0.2) is 69.8 Å². The van der Waals surface area contributed by atoms with Crippen LogP contribution >= 0.6 is 0 Å². The summed E-state index contributed by atoms with van der Waals surface area (Å²) < 4.78 is 11.7. The molecule has 7 nitrogen and oxygen atoms in total. The van der Waals surface area contributed by atoms with Crippen molar-refractivity contribution in [3.8, 4) is 11.5 Å². The fourth-order valence-corrected chi connectivity index (χ4v) is 7.67. The minimum absolute atomic E-state index is 0.0360. The second kappa shape index (κ2) is 7.37. The Morgan fingerprint density at radius 3 is 2.89 bits per heavy atom. The summed E-state index contributed by atoms with van der Waals surface area (Å²) in [4.78, 5) is 17.5. The Kier molecular flexibility index (Phi) is 4.53. The zero-order chi connectivity index (χ0) is 23.9. The highest BCUT2D eigenvalue weighted by atomic mass is 16.5. The van der Waals surface area contributed by atoms with Gasteiger partial charge in [0.25, 0.3) is 0 Å². The summed E-state index contributed by atoms with van der Waals surface area (Å²) in [5.41, 5.74) is 1.44. The molecule has 0 radical (unpaired) electrons. The van der Waals surface area contributed by atoms with Crippen LogP contribution in [0.2, 0.25) is 0 Å². The number of carbonyl (C=O) groups excluding carboxylic acids is 1. The Balaban J connectivity index is 1.28. The average molecular weight is 477 g/mol. The quantitative estimate of drug-likeness (QED) is 0.645. The van der Waals surface area contributed by atoms with E-state index in [2.05, 4.69) is 4.90 Å². The number of ether oxygens (including phenoxy) is 1. The van der Waals surface area contributed by atoms with Crippen LogP contribution in [0.4, 0.5) is 0 Å². The first-order valence-corrected chi connectivity index (χ1v) is 12.9. The normalized spacial score (nSPS) is 35.1. The number of nitrogens with zero attached hydrogens (tertiary/aromatic N) is 2. The van der Waals surface area contributed by atoms with E-state index in [1.807, 2.05) is 19.2 Å². The molecule has 1 amide bonds. The molecular formula is C28H32N2O5. The Morgan fingerprint density at radius 2 is 2.11 bits per heavy atom. The number of aromatic hydroxyl groups is 1. The van der Waals surface area contributed by atoms with Gasteiger partial charge in [-0.05, 0) is 74.8 Å². The minimum Gasteiger partial charge on any atom is -0.504 e. The topological polar surface area (TPSA) is 86.4 Å². The number of aliphatic hydroxyl groups is 1. The van der Waals surface area contributed by atoms with Crippen LogP contribution in [0.15, 0.2) is 41.2 Å². The molecule has 1 spiro atoms. The maximum absolute atomic E-state index is 13.2. The predicted molar refractivity (Wildman–Crippen MR) is 129 cm³/mol. The Morgan fingerprint density at radius 1 is 1.26 bits per heavy atom. The molecule has 5 atom stereocenters. The van der Waals surface area contributed by atoms with Crippen LogP contribution < -0.4 is 4.74 Å². The van der Waals surface area contributed by atoms with Gasteiger partial charge in [-0.15, -0.1) is 0 Å². The molecule has 2 aromatic rings. The van der Waals surface area contributed by atoms with Gasteiger partial charge in [-0.3, -0.25) is 9.69 Å². The average Bonchev–Trinajstić information content (AvgIpc) is 3.36. The third-order valence-electron chi connectivity index (χ3n) is 9.54. The van der Waals surface area contributed by atoms with Gasteiger partial charge in [0.2, 0.25) is 5.91 Å². The highest BCUT2D eigenvalue weighted by molar-refractivity contribution is 5.91. The van der Waals surface area contributed by atoms with Crippen LogP contribution in [0.3, 0.4) is 0 Å². The number of piperidine rings is 1. The van der Waals surface area contributed by atoms with Crippen LogP contribution in [0, 0.1) is 5.92 Å². The Bertz CT molecular complexity index is 1200. The Labute approximate surface area is 205 Å². The molecule has 7 heteroatoms. The molecule has 1 aromatic carbocycles. The fraction of sp³-hybridized carbons (Fsp3) is 0.536. The number of phenolic OH excluding ortho intramolecular Hbond substituents is 1. The van der Waals surface area contributed by atoms with Gasteiger partial charge in [-0.2, -0.15) is 0 Å². The van der Waals surface area contributed by atoms with Crippen molar-refractivity contribution in [1.29, 1.82) is 0 Å². The van der Waals surface area contributed by atoms with Crippen molar-refractivity contribution in [1.82, 2.24) is 9.80 Å². The lowest BCUT2D eigenvalue weighted by molar-refractivity contribution is -0.200. The van der Waals surface area contributed by atoms with Crippen molar-refractivity contribution < 1.29 is 24.2 Å². The molecule has 1 aromatic heterocycles. The molecule has 3 fully saturated rings. The SMILES string of the molecule is CN(C(=O)/C=C/c1ccoc1)[C@@H]1CC[C@@]2(O)[C@H]3Cc4ccc(O)c5c4[C@@]2(CCN3CC2CC2)[C@@H]1O5. The van der Waals surface area contributed by atoms with E-state index in [0.29, 0.717) is 18.6 Å². The monoisotopic (exact) mass is 476 g/mol. The second-order valence-corrected chi connectivity index (χ2v) is 11.2. The number of rotatable bonds is 5. The molecule has 184 valence electrons. The molecule has 35 heavy (non-hydrogen) atoms. The van der Waals surface area contributed by atoms with Gasteiger partial charge in [-0.1, -0.05) is 6.07 Å². The molecular weight excluding hydrogens is 444 g/mol. The lowest BCUT2D eigenvalue weighted by Gasteiger charge is -2.64. The number of benzene rings is 1. The van der Waals surface area contributed by atoms with Crippen LogP contribution in [0.1, 0.15) is 48.8 Å². The summed E-state index contributed by atoms with van der Waals surface area (Å²) in [5, 5.41) is 23.3. The smallest absolute Gasteiger partial charge is 0.246 e. The molecule has 2 bridgehead atoms. The molecule has 3 aliphatic carbocycles. The van der Waals surface area contributed by atoms with Crippen molar-refractivity contribution in [2.24, 2.45) is 5.92 Å². The lowest BCUT2D eigenvalue weighted by atomic mass is 9.48. The summed E-state index contributed by atoms with van der Waals surface area (Å²) in [6, 6.07) is 5.38. The number of hydrogen-bond acceptors (Lipinski definition) is 6. The van der Waals surface area contributed by atoms with Crippen LogP contribution in [-0.2, 0) is 16.6 Å². The zero-order valence-electron chi connectivity index (χ0n) is 20.0. The van der Waals surface area contributed by atoms with Crippen molar-refractivity contribution >= 4 is 12.0 Å². The van der Waals surface area contributed by atoms with Gasteiger partial charge >= 0.3 is 0 Å². The number of likely N-dealkylation sites (N-methyl/N-ethyl adjacent to an activating group) is 1. The maximum Gasteiger partial charge on any atom is 0.246 e. The van der Waals surface area contributed by atoms with E-state index < -0.39 is 17.1 Å². The van der Waals surface area contributed by atoms with E-state index in [1.165, 1.54) is 18.4 Å². The largest absolute Gasteiger partial charge is 0.504 e. The number of phenols is 1. The van der Waals surface area contributed by atoms with Crippen molar-refractivity contribution in [2.75, 3.05) is 20.1 Å². The van der Waals surface area contributed by atoms with Gasteiger partial charge in [0, 0.05) is 36.8 Å². The van der Waals surface area contributed by atoms with E-state index >= 15 is 0 Å². The first kappa shape index (κ1) is 21.5. The van der Waals surface area contributed by atoms with Crippen molar-refractivity contribution in [3.63, 3.8) is 0 Å². The Hall–Kier alpha value is -2.77.